The van der Waals surface area contributed by atoms with E-state index in [9.17, 15) is 0 Å². The van der Waals surface area contributed by atoms with E-state index in [2.05, 4.69) is 121 Å². The third-order valence-corrected chi connectivity index (χ3v) is 7.52. The Balaban J connectivity index is 1.42. The van der Waals surface area contributed by atoms with E-state index in [-0.39, 0.29) is 0 Å². The molecule has 0 atom stereocenters. The Kier molecular flexibility index (Phi) is 3.48. The Labute approximate surface area is 197 Å². The van der Waals surface area contributed by atoms with E-state index in [1.54, 1.807) is 0 Å². The topological polar surface area (TPSA) is 0 Å². The van der Waals surface area contributed by atoms with Crippen molar-refractivity contribution in [2.24, 2.45) is 0 Å². The summed E-state index contributed by atoms with van der Waals surface area (Å²) in [4.78, 5) is 0. The van der Waals surface area contributed by atoms with Gasteiger partial charge in [-0.25, -0.2) is 0 Å². The number of hydrogen-bond donors (Lipinski definition) is 0. The molecule has 0 radical (unpaired) electrons. The average molecular weight is 429 g/mol. The molecule has 0 unspecified atom stereocenters. The van der Waals surface area contributed by atoms with Crippen LogP contribution in [-0.2, 0) is 0 Å². The van der Waals surface area contributed by atoms with E-state index in [1.165, 1.54) is 75.8 Å². The first-order valence-corrected chi connectivity index (χ1v) is 11.9. The smallest absolute Gasteiger partial charge is 0.00208 e. The fourth-order valence-corrected chi connectivity index (χ4v) is 6.04. The molecule has 8 aromatic carbocycles. The standard InChI is InChI=1S/C34H20/c1-5-21-13-15-23-7-3-11-29-25(19-27(9-1)31(21)33(23)29)17-18-26-20-28-10-2-6-22-14-16-24-8-4-12-30(26)34(24)32(22)28/h1-20H/b18-17+. The molecule has 0 fully saturated rings. The lowest BCUT2D eigenvalue weighted by molar-refractivity contribution is 1.74. The van der Waals surface area contributed by atoms with Crippen LogP contribution in [0.25, 0.3) is 76.8 Å². The predicted octanol–water partition coefficient (Wildman–Crippen LogP) is 9.65. The summed E-state index contributed by atoms with van der Waals surface area (Å²) in [7, 11) is 0. The zero-order valence-corrected chi connectivity index (χ0v) is 18.5. The largest absolute Gasteiger partial charge is 0.0610 e. The Bertz CT molecular complexity index is 1910. The molecule has 0 aromatic heterocycles. The van der Waals surface area contributed by atoms with Crippen LogP contribution in [0.2, 0.25) is 0 Å². The minimum Gasteiger partial charge on any atom is -0.0610 e. The SMILES string of the molecule is C(=C\c1cc2cccc3ccc4cccc1c4c32)/c1cc2cccc3ccc4cccc1c4c32. The summed E-state index contributed by atoms with van der Waals surface area (Å²) >= 11 is 0. The van der Waals surface area contributed by atoms with Crippen molar-refractivity contribution in [2.75, 3.05) is 0 Å². The zero-order chi connectivity index (χ0) is 22.2. The minimum atomic E-state index is 1.27. The molecule has 0 saturated carbocycles. The van der Waals surface area contributed by atoms with Gasteiger partial charge in [0.2, 0.25) is 0 Å². The third-order valence-electron chi connectivity index (χ3n) is 7.52. The number of benzene rings is 8. The van der Waals surface area contributed by atoms with Gasteiger partial charge in [-0.2, -0.15) is 0 Å². The van der Waals surface area contributed by atoms with Crippen molar-refractivity contribution in [3.63, 3.8) is 0 Å². The highest BCUT2D eigenvalue weighted by atomic mass is 14.2. The molecule has 0 saturated heterocycles. The minimum absolute atomic E-state index is 1.27. The van der Waals surface area contributed by atoms with Crippen LogP contribution in [-0.4, -0.2) is 0 Å². The second-order valence-electron chi connectivity index (χ2n) is 9.36. The Morgan fingerprint density at radius 2 is 0.676 bits per heavy atom. The lowest BCUT2D eigenvalue weighted by Gasteiger charge is -2.14. The molecule has 156 valence electrons. The highest BCUT2D eigenvalue weighted by Gasteiger charge is 2.12. The molecule has 0 heterocycles. The van der Waals surface area contributed by atoms with Gasteiger partial charge >= 0.3 is 0 Å². The summed E-state index contributed by atoms with van der Waals surface area (Å²) in [6.45, 7) is 0. The highest BCUT2D eigenvalue weighted by molar-refractivity contribution is 6.26. The van der Waals surface area contributed by atoms with Crippen LogP contribution in [0.15, 0.2) is 109 Å². The van der Waals surface area contributed by atoms with E-state index in [0.717, 1.165) is 0 Å². The van der Waals surface area contributed by atoms with Crippen LogP contribution >= 0.6 is 0 Å². The molecule has 0 spiro atoms. The lowest BCUT2D eigenvalue weighted by atomic mass is 9.90. The van der Waals surface area contributed by atoms with Gasteiger partial charge in [0.25, 0.3) is 0 Å². The maximum Gasteiger partial charge on any atom is -0.00208 e. The van der Waals surface area contributed by atoms with Gasteiger partial charge in [-0.1, -0.05) is 109 Å². The summed E-state index contributed by atoms with van der Waals surface area (Å²) in [5, 5.41) is 15.9. The maximum atomic E-state index is 2.35. The number of rotatable bonds is 2. The molecule has 0 aliphatic rings. The van der Waals surface area contributed by atoms with E-state index < -0.39 is 0 Å². The predicted molar refractivity (Wildman–Crippen MR) is 149 cm³/mol. The van der Waals surface area contributed by atoms with Gasteiger partial charge in [0, 0.05) is 0 Å². The summed E-state index contributed by atoms with van der Waals surface area (Å²) in [6.07, 6.45) is 4.62. The molecule has 8 rings (SSSR count). The molecular formula is C34H20. The molecule has 34 heavy (non-hydrogen) atoms. The molecule has 0 amide bonds. The first-order valence-electron chi connectivity index (χ1n) is 11.9. The third kappa shape index (κ3) is 2.37. The highest BCUT2D eigenvalue weighted by Crippen LogP contribution is 2.39. The van der Waals surface area contributed by atoms with Gasteiger partial charge in [0.15, 0.2) is 0 Å². The summed E-state index contributed by atoms with van der Waals surface area (Å²) < 4.78 is 0. The van der Waals surface area contributed by atoms with E-state index >= 15 is 0 Å². The van der Waals surface area contributed by atoms with Crippen LogP contribution < -0.4 is 0 Å². The second-order valence-corrected chi connectivity index (χ2v) is 9.36. The van der Waals surface area contributed by atoms with Gasteiger partial charge in [-0.3, -0.25) is 0 Å². The molecular weight excluding hydrogens is 408 g/mol. The van der Waals surface area contributed by atoms with Crippen LogP contribution in [0.3, 0.4) is 0 Å². The first kappa shape index (κ1) is 18.1. The fourth-order valence-electron chi connectivity index (χ4n) is 6.04. The van der Waals surface area contributed by atoms with Crippen molar-refractivity contribution < 1.29 is 0 Å². The molecule has 8 aromatic rings. The van der Waals surface area contributed by atoms with Crippen LogP contribution in [0, 0.1) is 0 Å². The van der Waals surface area contributed by atoms with Gasteiger partial charge in [0.05, 0.1) is 0 Å². The van der Waals surface area contributed by atoms with Crippen LogP contribution in [0.4, 0.5) is 0 Å². The van der Waals surface area contributed by atoms with Crippen molar-refractivity contribution in [3.05, 3.63) is 120 Å². The Hall–Kier alpha value is -4.42. The maximum absolute atomic E-state index is 2.35. The summed E-state index contributed by atoms with van der Waals surface area (Å²) in [5.41, 5.74) is 2.53. The summed E-state index contributed by atoms with van der Waals surface area (Å²) in [5.74, 6) is 0. The summed E-state index contributed by atoms with van der Waals surface area (Å²) in [6, 6.07) is 40.2. The normalized spacial score (nSPS) is 12.6. The van der Waals surface area contributed by atoms with E-state index in [1.807, 2.05) is 0 Å². The molecule has 0 aliphatic heterocycles. The molecule has 0 bridgehead atoms. The monoisotopic (exact) mass is 428 g/mol. The molecule has 0 N–H and O–H groups in total. The van der Waals surface area contributed by atoms with Crippen molar-refractivity contribution in [1.29, 1.82) is 0 Å². The lowest BCUT2D eigenvalue weighted by Crippen LogP contribution is -1.88. The van der Waals surface area contributed by atoms with Gasteiger partial charge in [-0.05, 0) is 87.9 Å². The molecule has 0 nitrogen and oxygen atoms in total. The van der Waals surface area contributed by atoms with Crippen molar-refractivity contribution in [1.82, 2.24) is 0 Å². The van der Waals surface area contributed by atoms with Crippen molar-refractivity contribution in [3.8, 4) is 0 Å². The molecule has 0 aliphatic carbocycles. The van der Waals surface area contributed by atoms with Crippen molar-refractivity contribution in [2.45, 2.75) is 0 Å². The van der Waals surface area contributed by atoms with Gasteiger partial charge < -0.3 is 0 Å². The number of hydrogen-bond acceptors (Lipinski definition) is 0. The van der Waals surface area contributed by atoms with E-state index in [4.69, 9.17) is 0 Å². The first-order chi connectivity index (χ1) is 16.8. The quantitative estimate of drug-likeness (QED) is 0.190. The van der Waals surface area contributed by atoms with E-state index in [0.29, 0.717) is 0 Å². The zero-order valence-electron chi connectivity index (χ0n) is 18.5. The molecule has 0 heteroatoms. The fraction of sp³-hybridized carbons (Fsp3) is 0. The Morgan fingerprint density at radius 1 is 0.324 bits per heavy atom. The Morgan fingerprint density at radius 3 is 1.12 bits per heavy atom. The van der Waals surface area contributed by atoms with Gasteiger partial charge in [-0.15, -0.1) is 0 Å². The van der Waals surface area contributed by atoms with Crippen molar-refractivity contribution >= 4 is 76.8 Å². The van der Waals surface area contributed by atoms with Crippen LogP contribution in [0.1, 0.15) is 11.1 Å². The average Bonchev–Trinajstić information content (AvgIpc) is 2.89. The van der Waals surface area contributed by atoms with Crippen LogP contribution in [0.5, 0.6) is 0 Å². The van der Waals surface area contributed by atoms with Gasteiger partial charge in [0.1, 0.15) is 0 Å². The second kappa shape index (κ2) is 6.56.